The molecule has 6 heteroatoms. The Kier molecular flexibility index (Phi) is 4.07. The fourth-order valence-electron chi connectivity index (χ4n) is 2.75. The summed E-state index contributed by atoms with van der Waals surface area (Å²) < 4.78 is 27.4. The molecular weight excluding hydrogens is 286 g/mol. The van der Waals surface area contributed by atoms with Gasteiger partial charge in [-0.1, -0.05) is 18.2 Å². The standard InChI is InChI=1S/C15H19N3O2S/c19-21(20,11-12-6-9-16-10-7-12)18-14-5-1-3-13-4-2-8-17-15(13)14/h1-5,8,12,16,18H,6-7,9-11H2. The van der Waals surface area contributed by atoms with Gasteiger partial charge in [0.05, 0.1) is 17.0 Å². The van der Waals surface area contributed by atoms with E-state index < -0.39 is 10.0 Å². The molecule has 0 atom stereocenters. The van der Waals surface area contributed by atoms with Gasteiger partial charge in [-0.3, -0.25) is 9.71 Å². The summed E-state index contributed by atoms with van der Waals surface area (Å²) in [6.07, 6.45) is 3.50. The first-order valence-corrected chi connectivity index (χ1v) is 8.84. The molecule has 2 N–H and O–H groups in total. The molecule has 112 valence electrons. The lowest BCUT2D eigenvalue weighted by Crippen LogP contribution is -2.33. The first kappa shape index (κ1) is 14.3. The van der Waals surface area contributed by atoms with Crippen LogP contribution >= 0.6 is 0 Å². The van der Waals surface area contributed by atoms with Crippen LogP contribution in [0.5, 0.6) is 0 Å². The number of sulfonamides is 1. The Labute approximate surface area is 124 Å². The van der Waals surface area contributed by atoms with Crippen molar-refractivity contribution in [1.29, 1.82) is 0 Å². The molecule has 2 aromatic rings. The van der Waals surface area contributed by atoms with Crippen molar-refractivity contribution in [3.63, 3.8) is 0 Å². The number of rotatable bonds is 4. The first-order chi connectivity index (χ1) is 10.1. The summed E-state index contributed by atoms with van der Waals surface area (Å²) in [6.45, 7) is 1.80. The molecule has 0 radical (unpaired) electrons. The van der Waals surface area contributed by atoms with Crippen molar-refractivity contribution < 1.29 is 8.42 Å². The predicted octanol–water partition coefficient (Wildman–Crippen LogP) is 1.98. The lowest BCUT2D eigenvalue weighted by Gasteiger charge is -2.22. The highest BCUT2D eigenvalue weighted by Gasteiger charge is 2.21. The number of benzene rings is 1. The Bertz CT molecular complexity index is 719. The number of aromatic nitrogens is 1. The maximum Gasteiger partial charge on any atom is 0.233 e. The first-order valence-electron chi connectivity index (χ1n) is 7.19. The lowest BCUT2D eigenvalue weighted by atomic mass is 10.0. The third-order valence-electron chi connectivity index (χ3n) is 3.81. The average molecular weight is 305 g/mol. The minimum Gasteiger partial charge on any atom is -0.317 e. The van der Waals surface area contributed by atoms with E-state index in [-0.39, 0.29) is 11.7 Å². The van der Waals surface area contributed by atoms with Gasteiger partial charge in [0, 0.05) is 11.6 Å². The van der Waals surface area contributed by atoms with Crippen molar-refractivity contribution in [1.82, 2.24) is 10.3 Å². The van der Waals surface area contributed by atoms with Gasteiger partial charge in [-0.25, -0.2) is 8.42 Å². The van der Waals surface area contributed by atoms with E-state index in [2.05, 4.69) is 15.0 Å². The zero-order valence-electron chi connectivity index (χ0n) is 11.7. The van der Waals surface area contributed by atoms with Crippen LogP contribution in [0.15, 0.2) is 36.5 Å². The lowest BCUT2D eigenvalue weighted by molar-refractivity contribution is 0.402. The van der Waals surface area contributed by atoms with Gasteiger partial charge < -0.3 is 5.32 Å². The van der Waals surface area contributed by atoms with Gasteiger partial charge in [0.15, 0.2) is 0 Å². The number of piperidine rings is 1. The molecule has 2 heterocycles. The van der Waals surface area contributed by atoms with E-state index in [0.29, 0.717) is 11.2 Å². The van der Waals surface area contributed by atoms with Gasteiger partial charge in [-0.05, 0) is 44.0 Å². The van der Waals surface area contributed by atoms with Crippen LogP contribution in [-0.4, -0.2) is 32.2 Å². The molecule has 0 spiro atoms. The Balaban J connectivity index is 1.80. The van der Waals surface area contributed by atoms with Crippen LogP contribution in [-0.2, 0) is 10.0 Å². The number of fused-ring (bicyclic) bond motifs is 1. The molecule has 1 aromatic heterocycles. The van der Waals surface area contributed by atoms with E-state index in [0.717, 1.165) is 31.3 Å². The van der Waals surface area contributed by atoms with Crippen LogP contribution in [0, 0.1) is 5.92 Å². The Morgan fingerprint density at radius 1 is 1.19 bits per heavy atom. The van der Waals surface area contributed by atoms with Gasteiger partial charge in [-0.2, -0.15) is 0 Å². The Morgan fingerprint density at radius 2 is 1.95 bits per heavy atom. The topological polar surface area (TPSA) is 71.1 Å². The summed E-state index contributed by atoms with van der Waals surface area (Å²) in [6, 6.07) is 9.29. The number of nitrogens with zero attached hydrogens (tertiary/aromatic N) is 1. The summed E-state index contributed by atoms with van der Waals surface area (Å²) in [5.41, 5.74) is 1.25. The predicted molar refractivity (Wildman–Crippen MR) is 84.7 cm³/mol. The van der Waals surface area contributed by atoms with Crippen molar-refractivity contribution in [2.75, 3.05) is 23.6 Å². The van der Waals surface area contributed by atoms with Crippen molar-refractivity contribution in [3.05, 3.63) is 36.5 Å². The average Bonchev–Trinajstić information content (AvgIpc) is 2.48. The van der Waals surface area contributed by atoms with Crippen molar-refractivity contribution in [2.45, 2.75) is 12.8 Å². The van der Waals surface area contributed by atoms with Crippen LogP contribution in [0.2, 0.25) is 0 Å². The molecule has 0 aliphatic carbocycles. The summed E-state index contributed by atoms with van der Waals surface area (Å²) in [5.74, 6) is 0.407. The van der Waals surface area contributed by atoms with Crippen molar-refractivity contribution in [2.24, 2.45) is 5.92 Å². The number of hydrogen-bond donors (Lipinski definition) is 2. The normalized spacial score (nSPS) is 17.0. The summed E-state index contributed by atoms with van der Waals surface area (Å²) in [4.78, 5) is 4.28. The van der Waals surface area contributed by atoms with E-state index in [1.54, 1.807) is 12.3 Å². The number of pyridine rings is 1. The maximum absolute atomic E-state index is 12.4. The fraction of sp³-hybridized carbons (Fsp3) is 0.400. The highest BCUT2D eigenvalue weighted by Crippen LogP contribution is 2.23. The number of para-hydroxylation sites is 1. The van der Waals surface area contributed by atoms with Crippen molar-refractivity contribution in [3.8, 4) is 0 Å². The molecule has 3 rings (SSSR count). The highest BCUT2D eigenvalue weighted by atomic mass is 32.2. The minimum atomic E-state index is -3.34. The summed E-state index contributed by atoms with van der Waals surface area (Å²) in [5, 5.41) is 4.18. The molecule has 0 amide bonds. The SMILES string of the molecule is O=S(=O)(CC1CCNCC1)Nc1cccc2cccnc12. The summed E-state index contributed by atoms with van der Waals surface area (Å²) in [7, 11) is -3.34. The zero-order valence-corrected chi connectivity index (χ0v) is 12.6. The van der Waals surface area contributed by atoms with Gasteiger partial charge >= 0.3 is 0 Å². The van der Waals surface area contributed by atoms with Crippen LogP contribution in [0.1, 0.15) is 12.8 Å². The second-order valence-electron chi connectivity index (χ2n) is 5.46. The Hall–Kier alpha value is -1.66. The summed E-state index contributed by atoms with van der Waals surface area (Å²) >= 11 is 0. The monoisotopic (exact) mass is 305 g/mol. The van der Waals surface area contributed by atoms with E-state index in [4.69, 9.17) is 0 Å². The smallest absolute Gasteiger partial charge is 0.233 e. The van der Waals surface area contributed by atoms with E-state index in [9.17, 15) is 8.42 Å². The number of nitrogens with one attached hydrogen (secondary N) is 2. The molecule has 1 saturated heterocycles. The Morgan fingerprint density at radius 3 is 2.76 bits per heavy atom. The third-order valence-corrected chi connectivity index (χ3v) is 5.25. The zero-order chi connectivity index (χ0) is 14.7. The van der Waals surface area contributed by atoms with Gasteiger partial charge in [0.2, 0.25) is 10.0 Å². The quantitative estimate of drug-likeness (QED) is 0.906. The molecular formula is C15H19N3O2S. The molecule has 5 nitrogen and oxygen atoms in total. The van der Waals surface area contributed by atoms with E-state index >= 15 is 0 Å². The third kappa shape index (κ3) is 3.51. The largest absolute Gasteiger partial charge is 0.317 e. The molecule has 0 saturated carbocycles. The highest BCUT2D eigenvalue weighted by molar-refractivity contribution is 7.92. The van der Waals surface area contributed by atoms with Gasteiger partial charge in [-0.15, -0.1) is 0 Å². The van der Waals surface area contributed by atoms with Crippen LogP contribution in [0.4, 0.5) is 5.69 Å². The van der Waals surface area contributed by atoms with Gasteiger partial charge in [0.25, 0.3) is 0 Å². The minimum absolute atomic E-state index is 0.178. The fourth-order valence-corrected chi connectivity index (χ4v) is 4.29. The molecule has 21 heavy (non-hydrogen) atoms. The molecule has 1 fully saturated rings. The molecule has 1 aromatic carbocycles. The second-order valence-corrected chi connectivity index (χ2v) is 7.22. The molecule has 0 unspecified atom stereocenters. The molecule has 1 aliphatic heterocycles. The van der Waals surface area contributed by atoms with Crippen molar-refractivity contribution >= 4 is 26.6 Å². The van der Waals surface area contributed by atoms with E-state index in [1.807, 2.05) is 24.3 Å². The molecule has 1 aliphatic rings. The van der Waals surface area contributed by atoms with Crippen LogP contribution in [0.3, 0.4) is 0 Å². The maximum atomic E-state index is 12.4. The van der Waals surface area contributed by atoms with Crippen LogP contribution < -0.4 is 10.0 Å². The van der Waals surface area contributed by atoms with Crippen LogP contribution in [0.25, 0.3) is 10.9 Å². The number of anilines is 1. The second kappa shape index (κ2) is 5.99. The van der Waals surface area contributed by atoms with E-state index in [1.165, 1.54) is 0 Å². The molecule has 0 bridgehead atoms. The van der Waals surface area contributed by atoms with Gasteiger partial charge in [0.1, 0.15) is 0 Å². The number of hydrogen-bond acceptors (Lipinski definition) is 4.